The first-order chi connectivity index (χ1) is 17.2. The van der Waals surface area contributed by atoms with E-state index in [-0.39, 0.29) is 49.4 Å². The number of fused-ring (bicyclic) bond motifs is 1. The minimum Gasteiger partial charge on any atom is -0.484 e. The Kier molecular flexibility index (Phi) is 9.51. The Bertz CT molecular complexity index is 1160. The van der Waals surface area contributed by atoms with E-state index < -0.39 is 23.7 Å². The van der Waals surface area contributed by atoms with Crippen LogP contribution >= 0.6 is 23.2 Å². The van der Waals surface area contributed by atoms with Crippen LogP contribution in [0.1, 0.15) is 6.42 Å². The number of hydrogen-bond acceptors (Lipinski definition) is 6. The number of halogens is 3. The molecule has 1 atom stereocenters. The molecule has 1 aliphatic heterocycles. The van der Waals surface area contributed by atoms with Gasteiger partial charge in [0, 0.05) is 36.9 Å². The van der Waals surface area contributed by atoms with Crippen LogP contribution in [0.4, 0.5) is 10.1 Å². The summed E-state index contributed by atoms with van der Waals surface area (Å²) in [6.07, 6.45) is -0.728. The molecule has 3 amide bonds. The number of hydrogen-bond donors (Lipinski definition) is 2. The van der Waals surface area contributed by atoms with E-state index in [0.29, 0.717) is 22.2 Å². The lowest BCUT2D eigenvalue weighted by Gasteiger charge is -2.34. The van der Waals surface area contributed by atoms with Crippen molar-refractivity contribution in [3.63, 3.8) is 0 Å². The van der Waals surface area contributed by atoms with Gasteiger partial charge in [-0.15, -0.1) is 0 Å². The molecule has 1 unspecified atom stereocenters. The number of methoxy groups -OCH3 is 1. The van der Waals surface area contributed by atoms with Crippen molar-refractivity contribution in [1.29, 1.82) is 0 Å². The maximum Gasteiger partial charge on any atom is 0.262 e. The lowest BCUT2D eigenvalue weighted by molar-refractivity contribution is -0.128. The van der Waals surface area contributed by atoms with Crippen molar-refractivity contribution in [2.24, 2.45) is 0 Å². The molecule has 12 heteroatoms. The average molecular weight is 540 g/mol. The molecule has 0 saturated carbocycles. The monoisotopic (exact) mass is 539 g/mol. The quantitative estimate of drug-likeness (QED) is 0.480. The molecule has 1 heterocycles. The van der Waals surface area contributed by atoms with Gasteiger partial charge >= 0.3 is 0 Å². The van der Waals surface area contributed by atoms with Crippen LogP contribution in [0, 0.1) is 5.82 Å². The van der Waals surface area contributed by atoms with Gasteiger partial charge in [0.25, 0.3) is 17.7 Å². The molecule has 3 rings (SSSR count). The minimum atomic E-state index is -0.962. The SMILES string of the molecule is C=C(CCNC(=O)C1CN(C(=O)COC)c2cc(Cl)ccc2O1)NC(=O)COc1ccc(Cl)c(F)c1. The Morgan fingerprint density at radius 3 is 2.69 bits per heavy atom. The molecule has 0 fully saturated rings. The number of amides is 3. The van der Waals surface area contributed by atoms with E-state index in [2.05, 4.69) is 17.2 Å². The van der Waals surface area contributed by atoms with Gasteiger partial charge < -0.3 is 29.7 Å². The van der Waals surface area contributed by atoms with Gasteiger partial charge in [-0.2, -0.15) is 0 Å². The van der Waals surface area contributed by atoms with E-state index in [4.69, 9.17) is 37.4 Å². The third kappa shape index (κ3) is 7.33. The molecule has 1 aliphatic rings. The summed E-state index contributed by atoms with van der Waals surface area (Å²) in [6, 6.07) is 8.60. The van der Waals surface area contributed by atoms with Crippen LogP contribution in [0.2, 0.25) is 10.0 Å². The Morgan fingerprint density at radius 2 is 1.97 bits per heavy atom. The first kappa shape index (κ1) is 27.3. The van der Waals surface area contributed by atoms with Gasteiger partial charge in [0.1, 0.15) is 23.9 Å². The number of carbonyl (C=O) groups is 3. The summed E-state index contributed by atoms with van der Waals surface area (Å²) < 4.78 is 29.4. The van der Waals surface area contributed by atoms with Gasteiger partial charge in [-0.05, 0) is 30.3 Å². The van der Waals surface area contributed by atoms with Crippen LogP contribution in [-0.2, 0) is 19.1 Å². The minimum absolute atomic E-state index is 0.0261. The fourth-order valence-electron chi connectivity index (χ4n) is 3.29. The fraction of sp³-hybridized carbons (Fsp3) is 0.292. The molecule has 2 aromatic carbocycles. The van der Waals surface area contributed by atoms with Gasteiger partial charge in [0.2, 0.25) is 0 Å². The molecular weight excluding hydrogens is 516 g/mol. The lowest BCUT2D eigenvalue weighted by atomic mass is 10.1. The summed E-state index contributed by atoms with van der Waals surface area (Å²) in [6.45, 7) is 3.34. The Morgan fingerprint density at radius 1 is 1.19 bits per heavy atom. The van der Waals surface area contributed by atoms with E-state index in [9.17, 15) is 18.8 Å². The number of benzene rings is 2. The van der Waals surface area contributed by atoms with Crippen molar-refractivity contribution in [3.05, 3.63) is 64.5 Å². The van der Waals surface area contributed by atoms with Crippen LogP contribution in [0.15, 0.2) is 48.7 Å². The van der Waals surface area contributed by atoms with Crippen LogP contribution < -0.4 is 25.0 Å². The maximum atomic E-state index is 13.4. The molecule has 0 aromatic heterocycles. The highest BCUT2D eigenvalue weighted by atomic mass is 35.5. The van der Waals surface area contributed by atoms with Crippen molar-refractivity contribution in [2.75, 3.05) is 38.3 Å². The topological polar surface area (TPSA) is 106 Å². The molecule has 0 saturated heterocycles. The molecular formula is C24H24Cl2FN3O6. The number of rotatable bonds is 10. The van der Waals surface area contributed by atoms with Crippen molar-refractivity contribution in [3.8, 4) is 11.5 Å². The predicted octanol–water partition coefficient (Wildman–Crippen LogP) is 3.09. The van der Waals surface area contributed by atoms with Gasteiger partial charge in [-0.1, -0.05) is 29.8 Å². The normalized spacial score (nSPS) is 14.3. The third-order valence-corrected chi connectivity index (χ3v) is 5.54. The third-order valence-electron chi connectivity index (χ3n) is 4.99. The standard InChI is InChI=1S/C24H24Cl2FN3O6/c1-14(29-22(31)12-35-16-4-5-17(26)18(27)10-16)7-8-28-24(33)21-11-30(23(32)13-34-2)19-9-15(25)3-6-20(19)36-21/h3-6,9-10,21H,1,7-8,11-13H2,2H3,(H,28,33)(H,29,31). The van der Waals surface area contributed by atoms with E-state index in [1.54, 1.807) is 18.2 Å². The summed E-state index contributed by atoms with van der Waals surface area (Å²) in [7, 11) is 1.40. The molecule has 0 aliphatic carbocycles. The summed E-state index contributed by atoms with van der Waals surface area (Å²) >= 11 is 11.7. The number of ether oxygens (including phenoxy) is 3. The van der Waals surface area contributed by atoms with Crippen molar-refractivity contribution >= 4 is 46.6 Å². The molecule has 36 heavy (non-hydrogen) atoms. The zero-order valence-electron chi connectivity index (χ0n) is 19.3. The van der Waals surface area contributed by atoms with E-state index >= 15 is 0 Å². The summed E-state index contributed by atoms with van der Waals surface area (Å²) in [4.78, 5) is 38.6. The first-order valence-electron chi connectivity index (χ1n) is 10.8. The van der Waals surface area contributed by atoms with Crippen molar-refractivity contribution in [1.82, 2.24) is 10.6 Å². The summed E-state index contributed by atoms with van der Waals surface area (Å²) in [5.74, 6) is -1.46. The smallest absolute Gasteiger partial charge is 0.262 e. The molecule has 192 valence electrons. The highest BCUT2D eigenvalue weighted by molar-refractivity contribution is 6.31. The second-order valence-electron chi connectivity index (χ2n) is 7.71. The highest BCUT2D eigenvalue weighted by Gasteiger charge is 2.33. The summed E-state index contributed by atoms with van der Waals surface area (Å²) in [5.41, 5.74) is 0.792. The molecule has 9 nitrogen and oxygen atoms in total. The van der Waals surface area contributed by atoms with E-state index in [1.807, 2.05) is 0 Å². The summed E-state index contributed by atoms with van der Waals surface area (Å²) in [5, 5.41) is 5.61. The number of nitrogens with one attached hydrogen (secondary N) is 2. The second-order valence-corrected chi connectivity index (χ2v) is 8.56. The largest absolute Gasteiger partial charge is 0.484 e. The predicted molar refractivity (Wildman–Crippen MR) is 132 cm³/mol. The van der Waals surface area contributed by atoms with Gasteiger partial charge in [-0.25, -0.2) is 4.39 Å². The zero-order valence-corrected chi connectivity index (χ0v) is 20.8. The fourth-order valence-corrected chi connectivity index (χ4v) is 3.58. The van der Waals surface area contributed by atoms with Crippen LogP contribution in [0.3, 0.4) is 0 Å². The molecule has 2 aromatic rings. The molecule has 0 bridgehead atoms. The molecule has 2 N–H and O–H groups in total. The van der Waals surface area contributed by atoms with Crippen LogP contribution in [-0.4, -0.2) is 57.2 Å². The van der Waals surface area contributed by atoms with E-state index in [0.717, 1.165) is 6.07 Å². The van der Waals surface area contributed by atoms with Gasteiger partial charge in [0.05, 0.1) is 17.3 Å². The van der Waals surface area contributed by atoms with Gasteiger partial charge in [0.15, 0.2) is 12.7 Å². The Hall–Kier alpha value is -3.34. The average Bonchev–Trinajstić information content (AvgIpc) is 2.84. The maximum absolute atomic E-state index is 13.4. The number of anilines is 1. The molecule has 0 spiro atoms. The second kappa shape index (κ2) is 12.6. The number of carbonyl (C=O) groups excluding carboxylic acids is 3. The van der Waals surface area contributed by atoms with Crippen molar-refractivity contribution in [2.45, 2.75) is 12.5 Å². The highest BCUT2D eigenvalue weighted by Crippen LogP contribution is 2.35. The van der Waals surface area contributed by atoms with Crippen LogP contribution in [0.25, 0.3) is 0 Å². The molecule has 0 radical (unpaired) electrons. The Labute approximate surface area is 217 Å². The van der Waals surface area contributed by atoms with Gasteiger partial charge in [-0.3, -0.25) is 14.4 Å². The number of nitrogens with zero attached hydrogens (tertiary/aromatic N) is 1. The van der Waals surface area contributed by atoms with Crippen molar-refractivity contribution < 1.29 is 33.0 Å². The Balaban J connectivity index is 1.46. The van der Waals surface area contributed by atoms with Crippen LogP contribution in [0.5, 0.6) is 11.5 Å². The lowest BCUT2D eigenvalue weighted by Crippen LogP contribution is -2.51. The zero-order chi connectivity index (χ0) is 26.2. The first-order valence-corrected chi connectivity index (χ1v) is 11.5. The van der Waals surface area contributed by atoms with E-state index in [1.165, 1.54) is 24.1 Å².